The normalized spacial score (nSPS) is 25.0. The highest BCUT2D eigenvalue weighted by atomic mass is 16.5. The lowest BCUT2D eigenvalue weighted by Gasteiger charge is -2.31. The molecule has 0 unspecified atom stereocenters. The van der Waals surface area contributed by atoms with Gasteiger partial charge in [0.25, 0.3) is 0 Å². The Morgan fingerprint density at radius 1 is 1.47 bits per heavy atom. The average molecular weight is 235 g/mol. The van der Waals surface area contributed by atoms with Crippen LogP contribution in [0.25, 0.3) is 0 Å². The first-order chi connectivity index (χ1) is 8.15. The molecule has 0 saturated carbocycles. The molecule has 1 aromatic carbocycles. The van der Waals surface area contributed by atoms with E-state index in [1.54, 1.807) is 11.9 Å². The van der Waals surface area contributed by atoms with E-state index in [1.807, 2.05) is 30.3 Å². The van der Waals surface area contributed by atoms with E-state index >= 15 is 0 Å². The van der Waals surface area contributed by atoms with E-state index in [0.717, 1.165) is 18.5 Å². The maximum atomic E-state index is 11.4. The van der Waals surface area contributed by atoms with Crippen LogP contribution in [0.3, 0.4) is 0 Å². The fourth-order valence-corrected chi connectivity index (χ4v) is 2.22. The zero-order chi connectivity index (χ0) is 12.3. The molecule has 1 atom stereocenters. The van der Waals surface area contributed by atoms with Crippen molar-refractivity contribution in [1.82, 2.24) is 4.90 Å². The summed E-state index contributed by atoms with van der Waals surface area (Å²) in [4.78, 5) is 13.2. The molecule has 17 heavy (non-hydrogen) atoms. The van der Waals surface area contributed by atoms with E-state index in [0.29, 0.717) is 13.0 Å². The van der Waals surface area contributed by atoms with Gasteiger partial charge >= 0.3 is 5.97 Å². The molecule has 0 aromatic heterocycles. The third-order valence-corrected chi connectivity index (χ3v) is 3.28. The molecule has 4 heteroatoms. The van der Waals surface area contributed by atoms with Crippen LogP contribution in [0, 0.1) is 0 Å². The number of carboxylic acids is 1. The number of ether oxygens (including phenoxy) is 1. The van der Waals surface area contributed by atoms with Crippen LogP contribution >= 0.6 is 0 Å². The first kappa shape index (κ1) is 12.1. The lowest BCUT2D eigenvalue weighted by Crippen LogP contribution is -2.50. The van der Waals surface area contributed by atoms with Gasteiger partial charge in [-0.15, -0.1) is 0 Å². The average Bonchev–Trinajstić information content (AvgIpc) is 2.71. The van der Waals surface area contributed by atoms with Crippen molar-refractivity contribution in [2.75, 3.05) is 13.6 Å². The van der Waals surface area contributed by atoms with Gasteiger partial charge in [-0.3, -0.25) is 4.90 Å². The highest BCUT2D eigenvalue weighted by Gasteiger charge is 2.47. The van der Waals surface area contributed by atoms with Crippen molar-refractivity contribution in [3.63, 3.8) is 0 Å². The Kier molecular flexibility index (Phi) is 3.45. The molecule has 1 saturated heterocycles. The van der Waals surface area contributed by atoms with Gasteiger partial charge in [-0.25, -0.2) is 4.79 Å². The quantitative estimate of drug-likeness (QED) is 0.863. The summed E-state index contributed by atoms with van der Waals surface area (Å²) >= 11 is 0. The van der Waals surface area contributed by atoms with Gasteiger partial charge in [-0.05, 0) is 19.0 Å². The lowest BCUT2D eigenvalue weighted by atomic mass is 10.1. The van der Waals surface area contributed by atoms with Crippen molar-refractivity contribution in [3.05, 3.63) is 35.9 Å². The number of carboxylic acid groups (broad SMARTS) is 1. The van der Waals surface area contributed by atoms with Gasteiger partial charge < -0.3 is 9.84 Å². The van der Waals surface area contributed by atoms with E-state index in [1.165, 1.54) is 0 Å². The van der Waals surface area contributed by atoms with Gasteiger partial charge in [0.2, 0.25) is 5.72 Å². The topological polar surface area (TPSA) is 49.8 Å². The Labute approximate surface area is 101 Å². The van der Waals surface area contributed by atoms with E-state index < -0.39 is 11.7 Å². The van der Waals surface area contributed by atoms with Crippen molar-refractivity contribution >= 4 is 5.97 Å². The van der Waals surface area contributed by atoms with Crippen LogP contribution in [-0.4, -0.2) is 35.3 Å². The van der Waals surface area contributed by atoms with E-state index in [2.05, 4.69) is 0 Å². The number of hydrogen-bond acceptors (Lipinski definition) is 3. The maximum absolute atomic E-state index is 11.4. The number of aliphatic carboxylic acids is 1. The van der Waals surface area contributed by atoms with E-state index in [-0.39, 0.29) is 0 Å². The molecule has 0 radical (unpaired) electrons. The highest BCUT2D eigenvalue weighted by molar-refractivity contribution is 5.77. The van der Waals surface area contributed by atoms with E-state index in [4.69, 9.17) is 4.74 Å². The van der Waals surface area contributed by atoms with Crippen LogP contribution < -0.4 is 0 Å². The minimum absolute atomic E-state index is 0.331. The summed E-state index contributed by atoms with van der Waals surface area (Å²) in [5.74, 6) is -0.895. The second-order valence-electron chi connectivity index (χ2n) is 4.39. The standard InChI is InChI=1S/C13H17NO3/c1-14-9-5-8-13(14,12(15)16)17-10-11-6-3-2-4-7-11/h2-4,6-7H,5,8-10H2,1H3,(H,15,16)/t13-/m1/s1. The maximum Gasteiger partial charge on any atom is 0.351 e. The molecule has 0 aliphatic carbocycles. The van der Waals surface area contributed by atoms with Crippen LogP contribution in [0.5, 0.6) is 0 Å². The van der Waals surface area contributed by atoms with Crippen molar-refractivity contribution in [2.45, 2.75) is 25.2 Å². The molecule has 1 fully saturated rings. The summed E-state index contributed by atoms with van der Waals surface area (Å²) in [6.45, 7) is 1.10. The molecule has 1 heterocycles. The summed E-state index contributed by atoms with van der Waals surface area (Å²) < 4.78 is 5.68. The SMILES string of the molecule is CN1CCC[C@@]1(OCc1ccccc1)C(=O)O. The summed E-state index contributed by atoms with van der Waals surface area (Å²) in [7, 11) is 1.80. The van der Waals surface area contributed by atoms with Gasteiger partial charge in [0.1, 0.15) is 0 Å². The number of benzene rings is 1. The highest BCUT2D eigenvalue weighted by Crippen LogP contribution is 2.30. The number of rotatable bonds is 4. The molecule has 1 aliphatic heterocycles. The van der Waals surface area contributed by atoms with E-state index in [9.17, 15) is 9.90 Å². The second kappa shape index (κ2) is 4.85. The molecule has 0 spiro atoms. The van der Waals surface area contributed by atoms with Gasteiger partial charge in [0, 0.05) is 13.0 Å². The van der Waals surface area contributed by atoms with Crippen LogP contribution in [0.15, 0.2) is 30.3 Å². The van der Waals surface area contributed by atoms with Crippen LogP contribution in [0.4, 0.5) is 0 Å². The minimum atomic E-state index is -1.14. The summed E-state index contributed by atoms with van der Waals surface area (Å²) in [5.41, 5.74) is -0.149. The molecule has 1 aromatic rings. The molecule has 0 bridgehead atoms. The fourth-order valence-electron chi connectivity index (χ4n) is 2.22. The Balaban J connectivity index is 2.07. The molecular weight excluding hydrogens is 218 g/mol. The summed E-state index contributed by atoms with van der Waals surface area (Å²) in [6, 6.07) is 9.64. The Hall–Kier alpha value is -1.39. The van der Waals surface area contributed by atoms with Gasteiger partial charge in [-0.1, -0.05) is 30.3 Å². The lowest BCUT2D eigenvalue weighted by molar-refractivity contribution is -0.190. The van der Waals surface area contributed by atoms with Crippen molar-refractivity contribution in [3.8, 4) is 0 Å². The van der Waals surface area contributed by atoms with Crippen molar-refractivity contribution in [2.24, 2.45) is 0 Å². The zero-order valence-electron chi connectivity index (χ0n) is 9.93. The van der Waals surface area contributed by atoms with Crippen molar-refractivity contribution in [1.29, 1.82) is 0 Å². The zero-order valence-corrected chi connectivity index (χ0v) is 9.93. The summed E-state index contributed by atoms with van der Waals surface area (Å²) in [6.07, 6.45) is 1.41. The molecule has 0 amide bonds. The molecule has 4 nitrogen and oxygen atoms in total. The number of likely N-dealkylation sites (N-methyl/N-ethyl adjacent to an activating group) is 1. The number of nitrogens with zero attached hydrogens (tertiary/aromatic N) is 1. The predicted molar refractivity (Wildman–Crippen MR) is 63.5 cm³/mol. The fraction of sp³-hybridized carbons (Fsp3) is 0.462. The molecule has 1 N–H and O–H groups in total. The first-order valence-corrected chi connectivity index (χ1v) is 5.78. The van der Waals surface area contributed by atoms with Gasteiger partial charge in [0.05, 0.1) is 6.61 Å². The van der Waals surface area contributed by atoms with Crippen LogP contribution in [0.2, 0.25) is 0 Å². The Morgan fingerprint density at radius 3 is 2.71 bits per heavy atom. The Morgan fingerprint density at radius 2 is 2.18 bits per heavy atom. The second-order valence-corrected chi connectivity index (χ2v) is 4.39. The molecule has 2 rings (SSSR count). The van der Waals surface area contributed by atoms with Gasteiger partial charge in [-0.2, -0.15) is 0 Å². The number of carbonyl (C=O) groups is 1. The molecule has 1 aliphatic rings. The first-order valence-electron chi connectivity index (χ1n) is 5.78. The van der Waals surface area contributed by atoms with Crippen LogP contribution in [0.1, 0.15) is 18.4 Å². The monoisotopic (exact) mass is 235 g/mol. The molecular formula is C13H17NO3. The number of likely N-dealkylation sites (tertiary alicyclic amines) is 1. The smallest absolute Gasteiger partial charge is 0.351 e. The van der Waals surface area contributed by atoms with Gasteiger partial charge in [0.15, 0.2) is 0 Å². The summed E-state index contributed by atoms with van der Waals surface area (Å²) in [5, 5.41) is 9.35. The van der Waals surface area contributed by atoms with Crippen molar-refractivity contribution < 1.29 is 14.6 Å². The predicted octanol–water partition coefficient (Wildman–Crippen LogP) is 1.71. The Bertz CT molecular complexity index is 393. The molecule has 92 valence electrons. The largest absolute Gasteiger partial charge is 0.478 e. The number of hydrogen-bond donors (Lipinski definition) is 1. The third-order valence-electron chi connectivity index (χ3n) is 3.28. The minimum Gasteiger partial charge on any atom is -0.478 e. The van der Waals surface area contributed by atoms with Crippen LogP contribution in [-0.2, 0) is 16.1 Å². The third kappa shape index (κ3) is 2.33.